The molecule has 9 nitrogen and oxygen atoms in total. The van der Waals surface area contributed by atoms with Gasteiger partial charge in [0.15, 0.2) is 5.82 Å². The van der Waals surface area contributed by atoms with Gasteiger partial charge in [0.25, 0.3) is 5.69 Å². The minimum absolute atomic E-state index is 0.0207. The quantitative estimate of drug-likeness (QED) is 0.334. The third-order valence-corrected chi connectivity index (χ3v) is 5.03. The van der Waals surface area contributed by atoms with Crippen molar-refractivity contribution in [2.24, 2.45) is 0 Å². The molecule has 1 fully saturated rings. The molecule has 1 aromatic heterocycles. The predicted octanol–water partition coefficient (Wildman–Crippen LogP) is 3.54. The minimum atomic E-state index is -0.452. The average Bonchev–Trinajstić information content (AvgIpc) is 2.84. The lowest BCUT2D eigenvalue weighted by Gasteiger charge is -2.34. The number of aromatic nitrogens is 2. The Labute approximate surface area is 184 Å². The number of ether oxygens (including phenoxy) is 1. The molecule has 32 heavy (non-hydrogen) atoms. The highest BCUT2D eigenvalue weighted by Gasteiger charge is 2.21. The van der Waals surface area contributed by atoms with Crippen molar-refractivity contribution in [3.8, 4) is 11.6 Å². The molecule has 1 aliphatic rings. The van der Waals surface area contributed by atoms with Crippen molar-refractivity contribution in [3.63, 3.8) is 0 Å². The van der Waals surface area contributed by atoms with Crippen LogP contribution in [0.2, 0.25) is 0 Å². The van der Waals surface area contributed by atoms with Crippen LogP contribution >= 0.6 is 0 Å². The number of non-ortho nitro benzene ring substituents is 1. The van der Waals surface area contributed by atoms with Crippen LogP contribution in [0.5, 0.6) is 11.6 Å². The molecule has 0 unspecified atom stereocenters. The molecule has 2 heterocycles. The number of nitro groups is 1. The molecule has 0 N–H and O–H groups in total. The van der Waals surface area contributed by atoms with E-state index in [1.165, 1.54) is 18.2 Å². The number of hydrogen-bond donors (Lipinski definition) is 0. The molecule has 1 saturated heterocycles. The molecule has 0 saturated carbocycles. The maximum absolute atomic E-state index is 12.5. The van der Waals surface area contributed by atoms with Gasteiger partial charge in [-0.15, -0.1) is 10.2 Å². The number of nitro benzene ring substituents is 1. The van der Waals surface area contributed by atoms with Crippen LogP contribution in [0.4, 0.5) is 11.5 Å². The second-order valence-corrected chi connectivity index (χ2v) is 7.14. The third kappa shape index (κ3) is 5.25. The Morgan fingerprint density at radius 3 is 2.28 bits per heavy atom. The average molecular weight is 431 g/mol. The Balaban J connectivity index is 1.28. The smallest absolute Gasteiger partial charge is 0.269 e. The van der Waals surface area contributed by atoms with E-state index in [1.807, 2.05) is 36.4 Å². The highest BCUT2D eigenvalue weighted by Crippen LogP contribution is 2.20. The zero-order chi connectivity index (χ0) is 22.3. The Morgan fingerprint density at radius 2 is 1.66 bits per heavy atom. The number of anilines is 1. The summed E-state index contributed by atoms with van der Waals surface area (Å²) in [5, 5.41) is 19.1. The number of carbonyl (C=O) groups is 1. The van der Waals surface area contributed by atoms with Crippen LogP contribution in [0.25, 0.3) is 6.08 Å². The Bertz CT molecular complexity index is 1090. The van der Waals surface area contributed by atoms with Crippen LogP contribution < -0.4 is 9.64 Å². The van der Waals surface area contributed by atoms with Crippen LogP contribution in [0, 0.1) is 10.1 Å². The van der Waals surface area contributed by atoms with Crippen LogP contribution in [-0.4, -0.2) is 52.1 Å². The summed E-state index contributed by atoms with van der Waals surface area (Å²) in [6.45, 7) is 2.41. The fourth-order valence-corrected chi connectivity index (χ4v) is 3.28. The molecular formula is C23H21N5O4. The molecule has 2 aromatic carbocycles. The van der Waals surface area contributed by atoms with Crippen LogP contribution in [0.3, 0.4) is 0 Å². The SMILES string of the molecule is O=C(/C=C/c1ccc([N+](=O)[O-])cc1)N1CCN(c2ccc(Oc3ccccc3)nn2)CC1. The molecular weight excluding hydrogens is 410 g/mol. The van der Waals surface area contributed by atoms with Gasteiger partial charge in [-0.05, 0) is 42.0 Å². The van der Waals surface area contributed by atoms with Crippen molar-refractivity contribution >= 4 is 23.5 Å². The van der Waals surface area contributed by atoms with E-state index in [-0.39, 0.29) is 11.6 Å². The van der Waals surface area contributed by atoms with E-state index in [1.54, 1.807) is 29.2 Å². The van der Waals surface area contributed by atoms with Gasteiger partial charge in [0.1, 0.15) is 5.75 Å². The Kier molecular flexibility index (Phi) is 6.35. The van der Waals surface area contributed by atoms with Crippen molar-refractivity contribution in [2.75, 3.05) is 31.1 Å². The van der Waals surface area contributed by atoms with Gasteiger partial charge in [0, 0.05) is 50.5 Å². The van der Waals surface area contributed by atoms with Gasteiger partial charge >= 0.3 is 0 Å². The van der Waals surface area contributed by atoms with Crippen LogP contribution in [0.15, 0.2) is 72.8 Å². The summed E-state index contributed by atoms with van der Waals surface area (Å²) in [4.78, 5) is 26.6. The van der Waals surface area contributed by atoms with E-state index in [2.05, 4.69) is 15.1 Å². The molecule has 162 valence electrons. The van der Waals surface area contributed by atoms with Crippen LogP contribution in [-0.2, 0) is 4.79 Å². The molecule has 0 aliphatic carbocycles. The molecule has 1 aliphatic heterocycles. The van der Waals surface area contributed by atoms with E-state index in [0.29, 0.717) is 37.8 Å². The maximum Gasteiger partial charge on any atom is 0.269 e. The first-order chi connectivity index (χ1) is 15.6. The van der Waals surface area contributed by atoms with Gasteiger partial charge in [-0.2, -0.15) is 0 Å². The fraction of sp³-hybridized carbons (Fsp3) is 0.174. The molecule has 3 aromatic rings. The lowest BCUT2D eigenvalue weighted by atomic mass is 10.2. The number of para-hydroxylation sites is 1. The maximum atomic E-state index is 12.5. The monoisotopic (exact) mass is 431 g/mol. The topological polar surface area (TPSA) is 102 Å². The van der Waals surface area contributed by atoms with E-state index in [0.717, 1.165) is 11.4 Å². The minimum Gasteiger partial charge on any atom is -0.438 e. The summed E-state index contributed by atoms with van der Waals surface area (Å²) >= 11 is 0. The number of hydrogen-bond acceptors (Lipinski definition) is 7. The molecule has 0 bridgehead atoms. The lowest BCUT2D eigenvalue weighted by molar-refractivity contribution is -0.384. The van der Waals surface area contributed by atoms with Crippen molar-refractivity contribution in [1.29, 1.82) is 0 Å². The number of benzene rings is 2. The summed E-state index contributed by atoms with van der Waals surface area (Å²) in [5.74, 6) is 1.76. The Hall–Kier alpha value is -4.27. The largest absolute Gasteiger partial charge is 0.438 e. The normalized spacial score (nSPS) is 13.9. The molecule has 0 radical (unpaired) electrons. The van der Waals surface area contributed by atoms with E-state index < -0.39 is 4.92 Å². The molecule has 0 atom stereocenters. The van der Waals surface area contributed by atoms with Gasteiger partial charge in [-0.1, -0.05) is 18.2 Å². The van der Waals surface area contributed by atoms with Crippen LogP contribution in [0.1, 0.15) is 5.56 Å². The first-order valence-corrected chi connectivity index (χ1v) is 10.1. The molecule has 1 amide bonds. The van der Waals surface area contributed by atoms with Gasteiger partial charge < -0.3 is 14.5 Å². The number of rotatable bonds is 6. The summed E-state index contributed by atoms with van der Waals surface area (Å²) < 4.78 is 5.66. The summed E-state index contributed by atoms with van der Waals surface area (Å²) in [7, 11) is 0. The van der Waals surface area contributed by atoms with Crippen molar-refractivity contribution < 1.29 is 14.5 Å². The van der Waals surface area contributed by atoms with Gasteiger partial charge in [0.05, 0.1) is 4.92 Å². The second-order valence-electron chi connectivity index (χ2n) is 7.14. The predicted molar refractivity (Wildman–Crippen MR) is 119 cm³/mol. The van der Waals surface area contributed by atoms with Gasteiger partial charge in [-0.3, -0.25) is 14.9 Å². The van der Waals surface area contributed by atoms with E-state index in [4.69, 9.17) is 4.74 Å². The highest BCUT2D eigenvalue weighted by atomic mass is 16.6. The number of piperazine rings is 1. The summed E-state index contributed by atoms with van der Waals surface area (Å²) in [5.41, 5.74) is 0.753. The summed E-state index contributed by atoms with van der Waals surface area (Å²) in [6.07, 6.45) is 3.15. The van der Waals surface area contributed by atoms with Gasteiger partial charge in [0.2, 0.25) is 11.8 Å². The number of carbonyl (C=O) groups excluding carboxylic acids is 1. The van der Waals surface area contributed by atoms with Crippen molar-refractivity contribution in [3.05, 3.63) is 88.5 Å². The fourth-order valence-electron chi connectivity index (χ4n) is 3.28. The lowest BCUT2D eigenvalue weighted by Crippen LogP contribution is -2.48. The molecule has 9 heteroatoms. The summed E-state index contributed by atoms with van der Waals surface area (Å²) in [6, 6.07) is 19.1. The molecule has 0 spiro atoms. The van der Waals surface area contributed by atoms with E-state index >= 15 is 0 Å². The zero-order valence-corrected chi connectivity index (χ0v) is 17.2. The van der Waals surface area contributed by atoms with Gasteiger partial charge in [-0.25, -0.2) is 0 Å². The number of nitrogens with zero attached hydrogens (tertiary/aromatic N) is 5. The van der Waals surface area contributed by atoms with Crippen molar-refractivity contribution in [2.45, 2.75) is 0 Å². The standard InChI is InChI=1S/C23H21N5O4/c29-23(13-8-18-6-9-19(10-7-18)28(30)31)27-16-14-26(15-17-27)21-11-12-22(25-24-21)32-20-4-2-1-3-5-20/h1-13H,14-17H2/b13-8+. The van der Waals surface area contributed by atoms with E-state index in [9.17, 15) is 14.9 Å². The highest BCUT2D eigenvalue weighted by molar-refractivity contribution is 5.92. The zero-order valence-electron chi connectivity index (χ0n) is 17.2. The van der Waals surface area contributed by atoms with Crippen molar-refractivity contribution in [1.82, 2.24) is 15.1 Å². The first-order valence-electron chi connectivity index (χ1n) is 10.1. The number of amides is 1. The first kappa shape index (κ1) is 21.0. The third-order valence-electron chi connectivity index (χ3n) is 5.03. The molecule has 4 rings (SSSR count). The second kappa shape index (κ2) is 9.69. The Morgan fingerprint density at radius 1 is 0.938 bits per heavy atom.